The third-order valence-electron chi connectivity index (χ3n) is 2.62. The van der Waals surface area contributed by atoms with Gasteiger partial charge in [-0.25, -0.2) is 4.79 Å². The molecular weight excluding hydrogens is 248 g/mol. The van der Waals surface area contributed by atoms with Crippen LogP contribution >= 0.6 is 0 Å². The molecule has 2 aromatic rings. The first-order valence-electron chi connectivity index (χ1n) is 5.70. The monoisotopic (exact) mass is 262 g/mol. The average molecular weight is 262 g/mol. The van der Waals surface area contributed by atoms with Crippen molar-refractivity contribution in [2.24, 2.45) is 0 Å². The minimum absolute atomic E-state index is 0.0167. The Morgan fingerprint density at radius 2 is 2.26 bits per heavy atom. The maximum absolute atomic E-state index is 11.1. The lowest BCUT2D eigenvalue weighted by Crippen LogP contribution is -2.09. The van der Waals surface area contributed by atoms with E-state index in [9.17, 15) is 4.79 Å². The molecule has 0 aliphatic rings. The van der Waals surface area contributed by atoms with Gasteiger partial charge in [-0.3, -0.25) is 0 Å². The molecule has 0 fully saturated rings. The molecular formula is C13H14N2O4. The Labute approximate surface area is 109 Å². The lowest BCUT2D eigenvalue weighted by Gasteiger charge is -2.15. The molecule has 1 heterocycles. The summed E-state index contributed by atoms with van der Waals surface area (Å²) in [4.78, 5) is 11.1. The first-order chi connectivity index (χ1) is 8.99. The highest BCUT2D eigenvalue weighted by Crippen LogP contribution is 2.31. The van der Waals surface area contributed by atoms with Gasteiger partial charge in [0.25, 0.3) is 0 Å². The number of hydrogen-bond donors (Lipinski definition) is 2. The van der Waals surface area contributed by atoms with E-state index in [1.54, 1.807) is 32.0 Å². The van der Waals surface area contributed by atoms with Gasteiger partial charge in [-0.15, -0.1) is 0 Å². The van der Waals surface area contributed by atoms with Crippen molar-refractivity contribution in [1.29, 1.82) is 0 Å². The van der Waals surface area contributed by atoms with E-state index in [2.05, 4.69) is 5.16 Å². The number of benzene rings is 1. The van der Waals surface area contributed by atoms with Crippen molar-refractivity contribution in [3.05, 3.63) is 41.3 Å². The van der Waals surface area contributed by atoms with Crippen LogP contribution in [0, 0.1) is 6.92 Å². The van der Waals surface area contributed by atoms with Gasteiger partial charge in [0.05, 0.1) is 11.4 Å². The van der Waals surface area contributed by atoms with Crippen LogP contribution < -0.4 is 10.5 Å². The molecule has 0 bridgehead atoms. The number of nitrogens with two attached hydrogens (primary N) is 1. The van der Waals surface area contributed by atoms with Crippen molar-refractivity contribution in [3.63, 3.8) is 0 Å². The summed E-state index contributed by atoms with van der Waals surface area (Å²) in [6.07, 6.45) is -0.482. The fourth-order valence-corrected chi connectivity index (χ4v) is 1.66. The second kappa shape index (κ2) is 5.01. The number of aryl methyl sites for hydroxylation is 1. The number of anilines is 1. The predicted octanol–water partition coefficient (Wildman–Crippen LogP) is 2.40. The second-order valence-electron chi connectivity index (χ2n) is 4.16. The highest BCUT2D eigenvalue weighted by atomic mass is 16.5. The van der Waals surface area contributed by atoms with Crippen LogP contribution in [-0.2, 0) is 0 Å². The molecule has 0 aliphatic heterocycles. The van der Waals surface area contributed by atoms with Gasteiger partial charge in [0.2, 0.25) is 0 Å². The van der Waals surface area contributed by atoms with Gasteiger partial charge in [0, 0.05) is 6.07 Å². The predicted molar refractivity (Wildman–Crippen MR) is 68.1 cm³/mol. The molecule has 1 atom stereocenters. The molecule has 6 nitrogen and oxygen atoms in total. The van der Waals surface area contributed by atoms with Gasteiger partial charge in [-0.05, 0) is 26.0 Å². The molecule has 0 aliphatic carbocycles. The number of aromatic carboxylic acids is 1. The van der Waals surface area contributed by atoms with Crippen LogP contribution in [0.5, 0.6) is 5.75 Å². The number of carboxylic acid groups (broad SMARTS) is 1. The Kier molecular flexibility index (Phi) is 3.41. The molecule has 3 N–H and O–H groups in total. The van der Waals surface area contributed by atoms with Crippen LogP contribution in [0.4, 0.5) is 5.69 Å². The average Bonchev–Trinajstić information content (AvgIpc) is 2.78. The Morgan fingerprint density at radius 1 is 1.53 bits per heavy atom. The van der Waals surface area contributed by atoms with Gasteiger partial charge in [-0.1, -0.05) is 11.2 Å². The number of hydrogen-bond acceptors (Lipinski definition) is 5. The smallest absolute Gasteiger partial charge is 0.339 e. The molecule has 100 valence electrons. The maximum atomic E-state index is 11.1. The molecule has 19 heavy (non-hydrogen) atoms. The summed E-state index contributed by atoms with van der Waals surface area (Å²) in [5.74, 6) is -0.447. The van der Waals surface area contributed by atoms with Crippen LogP contribution in [0.2, 0.25) is 0 Å². The van der Waals surface area contributed by atoms with Crippen molar-refractivity contribution >= 4 is 11.7 Å². The summed E-state index contributed by atoms with van der Waals surface area (Å²) < 4.78 is 10.7. The number of carboxylic acids is 1. The van der Waals surface area contributed by atoms with E-state index in [1.165, 1.54) is 6.07 Å². The number of para-hydroxylation sites is 1. The van der Waals surface area contributed by atoms with Gasteiger partial charge in [-0.2, -0.15) is 0 Å². The minimum Gasteiger partial charge on any atom is -0.480 e. The normalized spacial score (nSPS) is 12.1. The van der Waals surface area contributed by atoms with Gasteiger partial charge < -0.3 is 20.1 Å². The zero-order valence-electron chi connectivity index (χ0n) is 10.6. The summed E-state index contributed by atoms with van der Waals surface area (Å²) in [6.45, 7) is 3.53. The van der Waals surface area contributed by atoms with Gasteiger partial charge in [0.1, 0.15) is 5.56 Å². The van der Waals surface area contributed by atoms with Crippen molar-refractivity contribution in [1.82, 2.24) is 5.16 Å². The molecule has 6 heteroatoms. The molecule has 1 aromatic heterocycles. The van der Waals surface area contributed by atoms with Crippen LogP contribution in [-0.4, -0.2) is 16.2 Å². The number of nitrogen functional groups attached to an aromatic ring is 1. The first-order valence-corrected chi connectivity index (χ1v) is 5.70. The highest BCUT2D eigenvalue weighted by molar-refractivity contribution is 5.93. The molecule has 0 saturated carbocycles. The molecule has 0 amide bonds. The molecule has 0 spiro atoms. The van der Waals surface area contributed by atoms with Crippen LogP contribution in [0.15, 0.2) is 28.8 Å². The van der Waals surface area contributed by atoms with E-state index in [-0.39, 0.29) is 17.0 Å². The lowest BCUT2D eigenvalue weighted by molar-refractivity contribution is 0.0688. The fourth-order valence-electron chi connectivity index (χ4n) is 1.66. The van der Waals surface area contributed by atoms with Gasteiger partial charge >= 0.3 is 5.97 Å². The zero-order chi connectivity index (χ0) is 14.0. The zero-order valence-corrected chi connectivity index (χ0v) is 10.6. The van der Waals surface area contributed by atoms with E-state index < -0.39 is 12.1 Å². The molecule has 0 saturated heterocycles. The Hall–Kier alpha value is -2.50. The van der Waals surface area contributed by atoms with E-state index in [1.807, 2.05) is 0 Å². The quantitative estimate of drug-likeness (QED) is 0.821. The summed E-state index contributed by atoms with van der Waals surface area (Å²) in [6, 6.07) is 6.31. The Balaban J connectivity index is 2.30. The molecule has 2 rings (SSSR count). The van der Waals surface area contributed by atoms with E-state index in [0.29, 0.717) is 5.76 Å². The number of carbonyl (C=O) groups is 1. The molecule has 0 radical (unpaired) electrons. The fraction of sp³-hybridized carbons (Fsp3) is 0.231. The van der Waals surface area contributed by atoms with Crippen LogP contribution in [0.1, 0.15) is 34.8 Å². The van der Waals surface area contributed by atoms with E-state index in [0.717, 1.165) is 5.69 Å². The maximum Gasteiger partial charge on any atom is 0.339 e. The number of ether oxygens (including phenoxy) is 1. The largest absolute Gasteiger partial charge is 0.480 e. The van der Waals surface area contributed by atoms with Crippen LogP contribution in [0.25, 0.3) is 0 Å². The standard InChI is InChI=1S/C13H14N2O4/c1-7-6-11(19-15-7)8(2)18-12-9(13(16)17)4-3-5-10(12)14/h3-6,8H,14H2,1-2H3,(H,16,17). The van der Waals surface area contributed by atoms with Crippen molar-refractivity contribution in [2.45, 2.75) is 20.0 Å². The first kappa shape index (κ1) is 12.9. The summed E-state index contributed by atoms with van der Waals surface area (Å²) >= 11 is 0. The number of rotatable bonds is 4. The topological polar surface area (TPSA) is 98.6 Å². The Morgan fingerprint density at radius 3 is 2.84 bits per heavy atom. The SMILES string of the molecule is Cc1cc(C(C)Oc2c(N)cccc2C(=O)O)on1. The minimum atomic E-state index is -1.09. The highest BCUT2D eigenvalue weighted by Gasteiger charge is 2.19. The van der Waals surface area contributed by atoms with Crippen molar-refractivity contribution < 1.29 is 19.2 Å². The second-order valence-corrected chi connectivity index (χ2v) is 4.16. The summed E-state index contributed by atoms with van der Waals surface area (Å²) in [5, 5.41) is 12.9. The number of aromatic nitrogens is 1. The third kappa shape index (κ3) is 2.67. The summed E-state index contributed by atoms with van der Waals surface area (Å²) in [7, 11) is 0. The number of nitrogens with zero attached hydrogens (tertiary/aromatic N) is 1. The van der Waals surface area contributed by atoms with E-state index in [4.69, 9.17) is 20.1 Å². The van der Waals surface area contributed by atoms with Crippen molar-refractivity contribution in [3.8, 4) is 5.75 Å². The molecule has 1 aromatic carbocycles. The summed E-state index contributed by atoms with van der Waals surface area (Å²) in [5.41, 5.74) is 6.77. The van der Waals surface area contributed by atoms with Crippen molar-refractivity contribution in [2.75, 3.05) is 5.73 Å². The van der Waals surface area contributed by atoms with Crippen LogP contribution in [0.3, 0.4) is 0 Å². The molecule has 1 unspecified atom stereocenters. The third-order valence-corrected chi connectivity index (χ3v) is 2.62. The lowest BCUT2D eigenvalue weighted by atomic mass is 10.1. The van der Waals surface area contributed by atoms with E-state index >= 15 is 0 Å². The Bertz CT molecular complexity index is 606. The van der Waals surface area contributed by atoms with Gasteiger partial charge in [0.15, 0.2) is 17.6 Å².